The standard InChI is InChI=1S/C16H20ClN3O/c1-2-20-8-4-5-11(20)10-18-16(21)15-9-12-13(17)6-3-7-14(12)19-15/h3,6-7,9,11,19H,2,4-5,8,10H2,1H3,(H,18,21)/t11-/m1/s1. The predicted molar refractivity (Wildman–Crippen MR) is 85.9 cm³/mol. The number of hydrogen-bond acceptors (Lipinski definition) is 2. The molecule has 1 aromatic carbocycles. The number of fused-ring (bicyclic) bond motifs is 1. The molecule has 112 valence electrons. The van der Waals surface area contributed by atoms with E-state index in [2.05, 4.69) is 22.1 Å². The molecule has 1 aliphatic heterocycles. The van der Waals surface area contributed by atoms with Crippen LogP contribution in [-0.4, -0.2) is 41.5 Å². The normalized spacial score (nSPS) is 19.2. The summed E-state index contributed by atoms with van der Waals surface area (Å²) in [4.78, 5) is 17.8. The highest BCUT2D eigenvalue weighted by Gasteiger charge is 2.23. The van der Waals surface area contributed by atoms with Gasteiger partial charge in [-0.25, -0.2) is 0 Å². The summed E-state index contributed by atoms with van der Waals surface area (Å²) >= 11 is 6.14. The second-order valence-corrected chi connectivity index (χ2v) is 5.93. The van der Waals surface area contributed by atoms with Gasteiger partial charge in [0.1, 0.15) is 5.69 Å². The lowest BCUT2D eigenvalue weighted by Crippen LogP contribution is -2.40. The molecule has 1 aliphatic rings. The summed E-state index contributed by atoms with van der Waals surface area (Å²) in [6.07, 6.45) is 2.38. The average molecular weight is 306 g/mol. The molecule has 2 N–H and O–H groups in total. The summed E-state index contributed by atoms with van der Waals surface area (Å²) in [6, 6.07) is 7.91. The van der Waals surface area contributed by atoms with Gasteiger partial charge in [0.2, 0.25) is 0 Å². The molecule has 2 heterocycles. The fourth-order valence-electron chi connectivity index (χ4n) is 3.09. The second-order valence-electron chi connectivity index (χ2n) is 5.52. The van der Waals surface area contributed by atoms with Crippen molar-refractivity contribution in [1.82, 2.24) is 15.2 Å². The topological polar surface area (TPSA) is 48.1 Å². The van der Waals surface area contributed by atoms with E-state index in [0.29, 0.717) is 23.3 Å². The van der Waals surface area contributed by atoms with Gasteiger partial charge in [0.15, 0.2) is 0 Å². The number of likely N-dealkylation sites (N-methyl/N-ethyl adjacent to an activating group) is 1. The number of benzene rings is 1. The molecule has 3 rings (SSSR count). The Kier molecular flexibility index (Phi) is 4.17. The van der Waals surface area contributed by atoms with Crippen LogP contribution in [0.3, 0.4) is 0 Å². The molecule has 0 unspecified atom stereocenters. The van der Waals surface area contributed by atoms with Crippen LogP contribution in [0.4, 0.5) is 0 Å². The summed E-state index contributed by atoms with van der Waals surface area (Å²) in [5, 5.41) is 4.58. The third-order valence-electron chi connectivity index (χ3n) is 4.26. The third-order valence-corrected chi connectivity index (χ3v) is 4.59. The third kappa shape index (κ3) is 2.92. The lowest BCUT2D eigenvalue weighted by molar-refractivity contribution is 0.0937. The highest BCUT2D eigenvalue weighted by Crippen LogP contribution is 2.24. The van der Waals surface area contributed by atoms with Gasteiger partial charge in [-0.2, -0.15) is 0 Å². The van der Waals surface area contributed by atoms with Crippen LogP contribution < -0.4 is 5.32 Å². The van der Waals surface area contributed by atoms with E-state index >= 15 is 0 Å². The van der Waals surface area contributed by atoms with E-state index in [1.54, 1.807) is 0 Å². The molecular weight excluding hydrogens is 286 g/mol. The molecule has 0 saturated carbocycles. The molecule has 2 aromatic rings. The Bertz CT molecular complexity index is 652. The van der Waals surface area contributed by atoms with Crippen molar-refractivity contribution in [2.45, 2.75) is 25.8 Å². The molecule has 1 saturated heterocycles. The highest BCUT2D eigenvalue weighted by molar-refractivity contribution is 6.35. The molecule has 4 nitrogen and oxygen atoms in total. The number of rotatable bonds is 4. The number of nitrogens with one attached hydrogen (secondary N) is 2. The minimum Gasteiger partial charge on any atom is -0.350 e. The Morgan fingerprint density at radius 2 is 2.38 bits per heavy atom. The van der Waals surface area contributed by atoms with Crippen molar-refractivity contribution >= 4 is 28.4 Å². The smallest absolute Gasteiger partial charge is 0.267 e. The molecule has 0 aliphatic carbocycles. The van der Waals surface area contributed by atoms with Crippen LogP contribution in [0.25, 0.3) is 10.9 Å². The van der Waals surface area contributed by atoms with Crippen molar-refractivity contribution in [1.29, 1.82) is 0 Å². The first kappa shape index (κ1) is 14.4. The molecule has 0 spiro atoms. The van der Waals surface area contributed by atoms with Crippen LogP contribution in [0.2, 0.25) is 5.02 Å². The van der Waals surface area contributed by atoms with Crippen LogP contribution in [0, 0.1) is 0 Å². The molecule has 1 amide bonds. The van der Waals surface area contributed by atoms with Gasteiger partial charge in [0.05, 0.1) is 0 Å². The van der Waals surface area contributed by atoms with Crippen molar-refractivity contribution in [3.63, 3.8) is 0 Å². The molecule has 0 bridgehead atoms. The Balaban J connectivity index is 1.68. The molecule has 1 fully saturated rings. The number of carbonyl (C=O) groups is 1. The summed E-state index contributed by atoms with van der Waals surface area (Å²) in [6.45, 7) is 5.05. The van der Waals surface area contributed by atoms with Gasteiger partial charge < -0.3 is 10.3 Å². The Morgan fingerprint density at radius 3 is 3.14 bits per heavy atom. The molecule has 1 atom stereocenters. The summed E-state index contributed by atoms with van der Waals surface area (Å²) < 4.78 is 0. The predicted octanol–water partition coefficient (Wildman–Crippen LogP) is 3.04. The van der Waals surface area contributed by atoms with Crippen molar-refractivity contribution < 1.29 is 4.79 Å². The lowest BCUT2D eigenvalue weighted by atomic mass is 10.2. The first-order chi connectivity index (χ1) is 10.2. The molecule has 1 aromatic heterocycles. The van der Waals surface area contributed by atoms with Gasteiger partial charge in [-0.1, -0.05) is 24.6 Å². The number of amides is 1. The van der Waals surface area contributed by atoms with Crippen LogP contribution in [0.1, 0.15) is 30.3 Å². The van der Waals surface area contributed by atoms with Crippen molar-refractivity contribution in [2.24, 2.45) is 0 Å². The number of nitrogens with zero attached hydrogens (tertiary/aromatic N) is 1. The maximum atomic E-state index is 12.3. The molecule has 5 heteroatoms. The van der Waals surface area contributed by atoms with E-state index in [0.717, 1.165) is 30.4 Å². The van der Waals surface area contributed by atoms with Crippen molar-refractivity contribution in [3.8, 4) is 0 Å². The van der Waals surface area contributed by atoms with E-state index in [4.69, 9.17) is 11.6 Å². The van der Waals surface area contributed by atoms with Crippen LogP contribution in [0.15, 0.2) is 24.3 Å². The van der Waals surface area contributed by atoms with E-state index in [-0.39, 0.29) is 5.91 Å². The molecule has 0 radical (unpaired) electrons. The zero-order valence-corrected chi connectivity index (χ0v) is 12.9. The Hall–Kier alpha value is -1.52. The fraction of sp³-hybridized carbons (Fsp3) is 0.438. The summed E-state index contributed by atoms with van der Waals surface area (Å²) in [5.74, 6) is -0.0646. The lowest BCUT2D eigenvalue weighted by Gasteiger charge is -2.22. The van der Waals surface area contributed by atoms with Crippen LogP contribution in [0.5, 0.6) is 0 Å². The van der Waals surface area contributed by atoms with Crippen LogP contribution in [-0.2, 0) is 0 Å². The molecule has 21 heavy (non-hydrogen) atoms. The largest absolute Gasteiger partial charge is 0.350 e. The molecular formula is C16H20ClN3O. The summed E-state index contributed by atoms with van der Waals surface area (Å²) in [7, 11) is 0. The number of H-pyrrole nitrogens is 1. The minimum atomic E-state index is -0.0646. The van der Waals surface area contributed by atoms with Crippen molar-refractivity contribution in [3.05, 3.63) is 35.0 Å². The van der Waals surface area contributed by atoms with E-state index in [9.17, 15) is 4.79 Å². The van der Waals surface area contributed by atoms with E-state index < -0.39 is 0 Å². The fourth-order valence-corrected chi connectivity index (χ4v) is 3.32. The monoisotopic (exact) mass is 305 g/mol. The maximum Gasteiger partial charge on any atom is 0.267 e. The minimum absolute atomic E-state index is 0.0646. The number of likely N-dealkylation sites (tertiary alicyclic amines) is 1. The van der Waals surface area contributed by atoms with Gasteiger partial charge in [-0.05, 0) is 44.1 Å². The summed E-state index contributed by atoms with van der Waals surface area (Å²) in [5.41, 5.74) is 1.46. The zero-order chi connectivity index (χ0) is 14.8. The van der Waals surface area contributed by atoms with Gasteiger partial charge in [-0.15, -0.1) is 0 Å². The van der Waals surface area contributed by atoms with Crippen LogP contribution >= 0.6 is 11.6 Å². The van der Waals surface area contributed by atoms with Crippen molar-refractivity contribution in [2.75, 3.05) is 19.6 Å². The Labute approximate surface area is 129 Å². The van der Waals surface area contributed by atoms with E-state index in [1.165, 1.54) is 6.42 Å². The quantitative estimate of drug-likeness (QED) is 0.912. The highest BCUT2D eigenvalue weighted by atomic mass is 35.5. The van der Waals surface area contributed by atoms with Gasteiger partial charge in [0, 0.05) is 28.5 Å². The number of carbonyl (C=O) groups excluding carboxylic acids is 1. The number of hydrogen-bond donors (Lipinski definition) is 2. The van der Waals surface area contributed by atoms with Gasteiger partial charge in [0.25, 0.3) is 5.91 Å². The first-order valence-electron chi connectivity index (χ1n) is 7.48. The Morgan fingerprint density at radius 1 is 1.52 bits per heavy atom. The number of aromatic nitrogens is 1. The van der Waals surface area contributed by atoms with Gasteiger partial charge >= 0.3 is 0 Å². The van der Waals surface area contributed by atoms with Gasteiger partial charge in [-0.3, -0.25) is 9.69 Å². The van der Waals surface area contributed by atoms with E-state index in [1.807, 2.05) is 24.3 Å². The first-order valence-corrected chi connectivity index (χ1v) is 7.86. The second kappa shape index (κ2) is 6.08. The zero-order valence-electron chi connectivity index (χ0n) is 12.2. The number of halogens is 1. The average Bonchev–Trinajstić information content (AvgIpc) is 3.11. The maximum absolute atomic E-state index is 12.3. The number of aromatic amines is 1. The SMILES string of the molecule is CCN1CCC[C@@H]1CNC(=O)c1cc2c(Cl)cccc2[nH]1.